The average Bonchev–Trinajstić information content (AvgIpc) is 2.34. The summed E-state index contributed by atoms with van der Waals surface area (Å²) in [6.07, 6.45) is 2.55. The lowest BCUT2D eigenvalue weighted by molar-refractivity contribution is 0.497. The summed E-state index contributed by atoms with van der Waals surface area (Å²) in [5, 5.41) is 0. The van der Waals surface area contributed by atoms with Crippen LogP contribution in [0.15, 0.2) is 10.7 Å². The van der Waals surface area contributed by atoms with Gasteiger partial charge in [0.25, 0.3) is 0 Å². The van der Waals surface area contributed by atoms with Crippen LogP contribution < -0.4 is 5.73 Å². The van der Waals surface area contributed by atoms with Gasteiger partial charge in [0.2, 0.25) is 5.89 Å². The molecule has 1 rings (SSSR count). The molecule has 1 heterocycles. The molecule has 0 aliphatic heterocycles. The van der Waals surface area contributed by atoms with Crippen molar-refractivity contribution >= 4 is 0 Å². The van der Waals surface area contributed by atoms with Gasteiger partial charge in [-0.15, -0.1) is 0 Å². The number of hydrogen-bond acceptors (Lipinski definition) is 3. The third-order valence-corrected chi connectivity index (χ3v) is 1.14. The Hall–Kier alpha value is -0.830. The molecule has 0 atom stereocenters. The highest BCUT2D eigenvalue weighted by Crippen LogP contribution is 2.00. The van der Waals surface area contributed by atoms with Crippen LogP contribution in [-0.4, -0.2) is 4.98 Å². The van der Waals surface area contributed by atoms with Crippen molar-refractivity contribution in [2.75, 3.05) is 0 Å². The molecule has 2 N–H and O–H groups in total. The lowest BCUT2D eigenvalue weighted by Crippen LogP contribution is -1.95. The quantitative estimate of drug-likeness (QED) is 0.634. The summed E-state index contributed by atoms with van der Waals surface area (Å²) < 4.78 is 4.97. The minimum Gasteiger partial charge on any atom is -0.447 e. The molecule has 0 bridgehead atoms. The highest BCUT2D eigenvalue weighted by molar-refractivity contribution is 4.94. The minimum atomic E-state index is 0.389. The smallest absolute Gasteiger partial charge is 0.207 e. The van der Waals surface area contributed by atoms with Crippen LogP contribution in [0.2, 0.25) is 0 Å². The van der Waals surface area contributed by atoms with Crippen molar-refractivity contribution in [2.24, 2.45) is 5.73 Å². The van der Waals surface area contributed by atoms with Crippen LogP contribution in [0, 0.1) is 0 Å². The molecule has 0 aliphatic rings. The SMILES string of the molecule is CCc1coc(CN)n1. The molecule has 9 heavy (non-hydrogen) atoms. The monoisotopic (exact) mass is 126 g/mol. The molecule has 3 nitrogen and oxygen atoms in total. The summed E-state index contributed by atoms with van der Waals surface area (Å²) in [5.41, 5.74) is 6.23. The number of aryl methyl sites for hydroxylation is 1. The summed E-state index contributed by atoms with van der Waals surface area (Å²) in [6.45, 7) is 2.41. The molecule has 0 unspecified atom stereocenters. The molecule has 3 heteroatoms. The first kappa shape index (κ1) is 6.29. The molecule has 1 aromatic rings. The van der Waals surface area contributed by atoms with Gasteiger partial charge < -0.3 is 10.2 Å². The van der Waals surface area contributed by atoms with Crippen molar-refractivity contribution in [3.63, 3.8) is 0 Å². The first-order chi connectivity index (χ1) is 4.36. The molecule has 0 aliphatic carbocycles. The molecular weight excluding hydrogens is 116 g/mol. The highest BCUT2D eigenvalue weighted by atomic mass is 16.3. The van der Waals surface area contributed by atoms with Gasteiger partial charge in [0.1, 0.15) is 6.26 Å². The first-order valence-electron chi connectivity index (χ1n) is 3.00. The van der Waals surface area contributed by atoms with Crippen molar-refractivity contribution in [2.45, 2.75) is 19.9 Å². The van der Waals surface area contributed by atoms with Gasteiger partial charge in [-0.1, -0.05) is 6.92 Å². The van der Waals surface area contributed by atoms with E-state index in [0.717, 1.165) is 12.1 Å². The standard InChI is InChI=1S/C6H10N2O/c1-2-5-4-9-6(3-7)8-5/h4H,2-3,7H2,1H3. The second-order valence-electron chi connectivity index (χ2n) is 1.79. The largest absolute Gasteiger partial charge is 0.447 e. The number of nitrogens with two attached hydrogens (primary N) is 1. The van der Waals surface area contributed by atoms with E-state index in [1.807, 2.05) is 6.92 Å². The molecule has 0 amide bonds. The van der Waals surface area contributed by atoms with Crippen molar-refractivity contribution in [1.29, 1.82) is 0 Å². The normalized spacial score (nSPS) is 10.0. The molecular formula is C6H10N2O. The number of oxazole rings is 1. The second-order valence-corrected chi connectivity index (χ2v) is 1.79. The molecule has 1 aromatic heterocycles. The molecule has 0 aromatic carbocycles. The predicted molar refractivity (Wildman–Crippen MR) is 33.8 cm³/mol. The Labute approximate surface area is 53.9 Å². The Bertz CT molecular complexity index is 164. The Morgan fingerprint density at radius 1 is 1.78 bits per heavy atom. The molecule has 50 valence electrons. The van der Waals surface area contributed by atoms with Gasteiger partial charge in [-0.3, -0.25) is 0 Å². The maximum absolute atomic E-state index is 5.26. The van der Waals surface area contributed by atoms with Crippen LogP contribution >= 0.6 is 0 Å². The molecule has 0 fully saturated rings. The van der Waals surface area contributed by atoms with Crippen molar-refractivity contribution in [3.8, 4) is 0 Å². The first-order valence-corrected chi connectivity index (χ1v) is 3.00. The zero-order chi connectivity index (χ0) is 6.69. The van der Waals surface area contributed by atoms with E-state index in [4.69, 9.17) is 10.2 Å². The van der Waals surface area contributed by atoms with Gasteiger partial charge in [-0.05, 0) is 6.42 Å². The summed E-state index contributed by atoms with van der Waals surface area (Å²) >= 11 is 0. The summed E-state index contributed by atoms with van der Waals surface area (Å²) in [5.74, 6) is 0.617. The maximum Gasteiger partial charge on any atom is 0.207 e. The summed E-state index contributed by atoms with van der Waals surface area (Å²) in [4.78, 5) is 4.06. The Morgan fingerprint density at radius 2 is 2.56 bits per heavy atom. The zero-order valence-electron chi connectivity index (χ0n) is 5.42. The van der Waals surface area contributed by atoms with Gasteiger partial charge in [-0.25, -0.2) is 4.98 Å². The molecule has 0 saturated heterocycles. The van der Waals surface area contributed by atoms with Crippen LogP contribution in [-0.2, 0) is 13.0 Å². The van der Waals surface area contributed by atoms with Crippen LogP contribution in [0.1, 0.15) is 18.5 Å². The average molecular weight is 126 g/mol. The van der Waals surface area contributed by atoms with Crippen molar-refractivity contribution in [1.82, 2.24) is 4.98 Å². The van der Waals surface area contributed by atoms with E-state index in [2.05, 4.69) is 4.98 Å². The van der Waals surface area contributed by atoms with Gasteiger partial charge in [0.05, 0.1) is 12.2 Å². The molecule has 0 radical (unpaired) electrons. The molecule has 0 spiro atoms. The zero-order valence-corrected chi connectivity index (χ0v) is 5.42. The molecule has 0 saturated carbocycles. The van der Waals surface area contributed by atoms with E-state index in [-0.39, 0.29) is 0 Å². The Kier molecular flexibility index (Phi) is 1.85. The summed E-state index contributed by atoms with van der Waals surface area (Å²) in [6, 6.07) is 0. The minimum absolute atomic E-state index is 0.389. The van der Waals surface area contributed by atoms with E-state index in [9.17, 15) is 0 Å². The van der Waals surface area contributed by atoms with Gasteiger partial charge in [0, 0.05) is 0 Å². The predicted octanol–water partition coefficient (Wildman–Crippen LogP) is 0.696. The third-order valence-electron chi connectivity index (χ3n) is 1.14. The van der Waals surface area contributed by atoms with Crippen molar-refractivity contribution < 1.29 is 4.42 Å². The number of aromatic nitrogens is 1. The fourth-order valence-electron chi connectivity index (χ4n) is 0.605. The van der Waals surface area contributed by atoms with Gasteiger partial charge in [0.15, 0.2) is 0 Å². The highest BCUT2D eigenvalue weighted by Gasteiger charge is 1.96. The maximum atomic E-state index is 5.26. The lowest BCUT2D eigenvalue weighted by atomic mass is 10.4. The van der Waals surface area contributed by atoms with E-state index in [1.165, 1.54) is 0 Å². The Morgan fingerprint density at radius 3 is 2.89 bits per heavy atom. The number of rotatable bonds is 2. The van der Waals surface area contributed by atoms with Gasteiger partial charge in [-0.2, -0.15) is 0 Å². The fraction of sp³-hybridized carbons (Fsp3) is 0.500. The summed E-state index contributed by atoms with van der Waals surface area (Å²) in [7, 11) is 0. The van der Waals surface area contributed by atoms with E-state index in [1.54, 1.807) is 6.26 Å². The van der Waals surface area contributed by atoms with E-state index >= 15 is 0 Å². The van der Waals surface area contributed by atoms with Crippen LogP contribution in [0.4, 0.5) is 0 Å². The van der Waals surface area contributed by atoms with E-state index in [0.29, 0.717) is 12.4 Å². The topological polar surface area (TPSA) is 52.0 Å². The van der Waals surface area contributed by atoms with Crippen LogP contribution in [0.25, 0.3) is 0 Å². The second kappa shape index (κ2) is 2.64. The Balaban J connectivity index is 2.74. The number of hydrogen-bond donors (Lipinski definition) is 1. The van der Waals surface area contributed by atoms with Crippen LogP contribution in [0.5, 0.6) is 0 Å². The lowest BCUT2D eigenvalue weighted by Gasteiger charge is -1.81. The van der Waals surface area contributed by atoms with Crippen molar-refractivity contribution in [3.05, 3.63) is 17.8 Å². The fourth-order valence-corrected chi connectivity index (χ4v) is 0.605. The van der Waals surface area contributed by atoms with Crippen LogP contribution in [0.3, 0.4) is 0 Å². The van der Waals surface area contributed by atoms with Gasteiger partial charge >= 0.3 is 0 Å². The van der Waals surface area contributed by atoms with E-state index < -0.39 is 0 Å². The number of nitrogens with zero attached hydrogens (tertiary/aromatic N) is 1. The third kappa shape index (κ3) is 1.29.